The van der Waals surface area contributed by atoms with Crippen LogP contribution in [0.2, 0.25) is 0 Å². The number of carbonyl (C=O) groups excluding carboxylic acids is 1. The summed E-state index contributed by atoms with van der Waals surface area (Å²) >= 11 is 0. The summed E-state index contributed by atoms with van der Waals surface area (Å²) in [6.07, 6.45) is 2.05. The molecule has 11 nitrogen and oxygen atoms in total. The molecule has 3 aromatic rings. The highest BCUT2D eigenvalue weighted by Gasteiger charge is 2.21. The number of aromatic amines is 1. The Labute approximate surface area is 181 Å². The van der Waals surface area contributed by atoms with Crippen LogP contribution < -0.4 is 16.6 Å². The second-order valence-corrected chi connectivity index (χ2v) is 7.14. The number of hydrogen-bond donors (Lipinski definition) is 5. The van der Waals surface area contributed by atoms with Gasteiger partial charge in [0.1, 0.15) is 6.04 Å². The Bertz CT molecular complexity index is 1220. The molecule has 0 bridgehead atoms. The van der Waals surface area contributed by atoms with Gasteiger partial charge >= 0.3 is 11.9 Å². The van der Waals surface area contributed by atoms with Crippen LogP contribution in [0.15, 0.2) is 41.3 Å². The van der Waals surface area contributed by atoms with E-state index in [0.29, 0.717) is 29.4 Å². The second-order valence-electron chi connectivity index (χ2n) is 7.14. The zero-order chi connectivity index (χ0) is 23.3. The molecule has 2 aromatic heterocycles. The average Bonchev–Trinajstić information content (AvgIpc) is 2.75. The van der Waals surface area contributed by atoms with Crippen LogP contribution >= 0.6 is 0 Å². The minimum Gasteiger partial charge on any atom is -0.481 e. The lowest BCUT2D eigenvalue weighted by atomic mass is 10.0. The Morgan fingerprint density at radius 2 is 1.84 bits per heavy atom. The third-order valence-corrected chi connectivity index (χ3v) is 4.80. The first kappa shape index (κ1) is 22.4. The van der Waals surface area contributed by atoms with Gasteiger partial charge in [-0.3, -0.25) is 24.4 Å². The summed E-state index contributed by atoms with van der Waals surface area (Å²) in [6, 6.07) is 6.96. The molecule has 1 aromatic carbocycles. The number of aryl methyl sites for hydroxylation is 2. The molecule has 32 heavy (non-hydrogen) atoms. The van der Waals surface area contributed by atoms with Gasteiger partial charge < -0.3 is 21.3 Å². The van der Waals surface area contributed by atoms with Crippen molar-refractivity contribution in [3.63, 3.8) is 0 Å². The highest BCUT2D eigenvalue weighted by Crippen LogP contribution is 2.12. The predicted molar refractivity (Wildman–Crippen MR) is 114 cm³/mol. The lowest BCUT2D eigenvalue weighted by Crippen LogP contribution is -2.41. The SMILES string of the molecule is Nc1nc2cnc(CCc3ccc(C(=O)N[C@@H](CCC(=O)O)C(=O)O)cc3)cc2c(=O)[nH]1. The molecule has 0 unspecified atom stereocenters. The number of nitrogen functional groups attached to an aromatic ring is 1. The van der Waals surface area contributed by atoms with Crippen LogP contribution in [0.4, 0.5) is 5.95 Å². The number of carbonyl (C=O) groups is 3. The van der Waals surface area contributed by atoms with Gasteiger partial charge in [0, 0.05) is 17.7 Å². The maximum Gasteiger partial charge on any atom is 0.326 e. The first-order chi connectivity index (χ1) is 15.2. The van der Waals surface area contributed by atoms with Crippen LogP contribution in [-0.4, -0.2) is 49.1 Å². The van der Waals surface area contributed by atoms with Crippen molar-refractivity contribution in [3.8, 4) is 0 Å². The number of anilines is 1. The maximum atomic E-state index is 12.3. The molecule has 0 aliphatic carbocycles. The second kappa shape index (κ2) is 9.69. The van der Waals surface area contributed by atoms with Gasteiger partial charge in [-0.25, -0.2) is 9.78 Å². The lowest BCUT2D eigenvalue weighted by Gasteiger charge is -2.13. The number of H-pyrrole nitrogens is 1. The molecule has 0 saturated heterocycles. The van der Waals surface area contributed by atoms with Gasteiger partial charge in [0.15, 0.2) is 0 Å². The number of nitrogens with one attached hydrogen (secondary N) is 2. The Kier molecular flexibility index (Phi) is 6.78. The molecule has 1 amide bonds. The van der Waals surface area contributed by atoms with Gasteiger partial charge in [0.05, 0.1) is 17.1 Å². The number of nitrogens with two attached hydrogens (primary N) is 1. The Morgan fingerprint density at radius 1 is 1.12 bits per heavy atom. The fourth-order valence-corrected chi connectivity index (χ4v) is 3.10. The summed E-state index contributed by atoms with van der Waals surface area (Å²) in [7, 11) is 0. The number of fused-ring (bicyclic) bond motifs is 1. The Hall–Kier alpha value is -4.28. The topological polar surface area (TPSA) is 188 Å². The van der Waals surface area contributed by atoms with Crippen molar-refractivity contribution in [3.05, 3.63) is 63.7 Å². The van der Waals surface area contributed by atoms with Gasteiger partial charge in [-0.2, -0.15) is 0 Å². The Balaban J connectivity index is 1.62. The van der Waals surface area contributed by atoms with Crippen molar-refractivity contribution in [2.45, 2.75) is 31.7 Å². The van der Waals surface area contributed by atoms with E-state index < -0.39 is 23.9 Å². The fraction of sp³-hybridized carbons (Fsp3) is 0.238. The number of carboxylic acid groups (broad SMARTS) is 2. The van der Waals surface area contributed by atoms with Crippen molar-refractivity contribution >= 4 is 34.7 Å². The number of benzene rings is 1. The number of rotatable bonds is 9. The van der Waals surface area contributed by atoms with Crippen LogP contribution in [0.1, 0.15) is 34.5 Å². The average molecular weight is 439 g/mol. The van der Waals surface area contributed by atoms with Crippen molar-refractivity contribution < 1.29 is 24.6 Å². The van der Waals surface area contributed by atoms with E-state index in [1.54, 1.807) is 30.3 Å². The zero-order valence-corrected chi connectivity index (χ0v) is 16.9. The third-order valence-electron chi connectivity index (χ3n) is 4.80. The highest BCUT2D eigenvalue weighted by atomic mass is 16.4. The van der Waals surface area contributed by atoms with E-state index in [1.807, 2.05) is 0 Å². The summed E-state index contributed by atoms with van der Waals surface area (Å²) < 4.78 is 0. The smallest absolute Gasteiger partial charge is 0.326 e. The standard InChI is InChI=1S/C21H21N5O6/c22-21-25-16-10-23-13(9-14(16)19(30)26-21)6-3-11-1-4-12(5-2-11)18(29)24-15(20(31)32)7-8-17(27)28/h1-2,4-5,9-10,15H,3,6-8H2,(H,24,29)(H,27,28)(H,31,32)(H3,22,25,26,30)/t15-/m0/s1. The van der Waals surface area contributed by atoms with Gasteiger partial charge in [-0.15, -0.1) is 0 Å². The van der Waals surface area contributed by atoms with E-state index in [0.717, 1.165) is 5.56 Å². The third kappa shape index (κ3) is 5.65. The number of hydrogen-bond acceptors (Lipinski definition) is 7. The first-order valence-electron chi connectivity index (χ1n) is 9.72. The number of aromatic nitrogens is 3. The zero-order valence-electron chi connectivity index (χ0n) is 16.9. The van der Waals surface area contributed by atoms with Crippen molar-refractivity contribution in [1.29, 1.82) is 0 Å². The van der Waals surface area contributed by atoms with Crippen molar-refractivity contribution in [2.24, 2.45) is 0 Å². The molecule has 166 valence electrons. The molecule has 0 saturated carbocycles. The minimum atomic E-state index is -1.30. The fourth-order valence-electron chi connectivity index (χ4n) is 3.10. The molecule has 1 atom stereocenters. The summed E-state index contributed by atoms with van der Waals surface area (Å²) in [5.41, 5.74) is 7.46. The van der Waals surface area contributed by atoms with Crippen molar-refractivity contribution in [1.82, 2.24) is 20.3 Å². The molecule has 11 heteroatoms. The molecular formula is C21H21N5O6. The monoisotopic (exact) mass is 439 g/mol. The summed E-state index contributed by atoms with van der Waals surface area (Å²) in [5, 5.41) is 20.6. The summed E-state index contributed by atoms with van der Waals surface area (Å²) in [5.74, 6) is -3.01. The van der Waals surface area contributed by atoms with Gasteiger partial charge in [-0.05, 0) is 43.0 Å². The number of amides is 1. The summed E-state index contributed by atoms with van der Waals surface area (Å²) in [4.78, 5) is 56.9. The molecule has 0 fully saturated rings. The lowest BCUT2D eigenvalue weighted by molar-refractivity contribution is -0.140. The van der Waals surface area contributed by atoms with Crippen LogP contribution in [0.3, 0.4) is 0 Å². The van der Waals surface area contributed by atoms with Gasteiger partial charge in [0.2, 0.25) is 5.95 Å². The van der Waals surface area contributed by atoms with Crippen LogP contribution in [0.25, 0.3) is 10.9 Å². The molecule has 3 rings (SSSR count). The van der Waals surface area contributed by atoms with E-state index in [9.17, 15) is 19.2 Å². The number of aliphatic carboxylic acids is 2. The van der Waals surface area contributed by atoms with Crippen LogP contribution in [0, 0.1) is 0 Å². The molecular weight excluding hydrogens is 418 g/mol. The molecule has 6 N–H and O–H groups in total. The highest BCUT2D eigenvalue weighted by molar-refractivity contribution is 5.96. The summed E-state index contributed by atoms with van der Waals surface area (Å²) in [6.45, 7) is 0. The molecule has 0 spiro atoms. The number of nitrogens with zero attached hydrogens (tertiary/aromatic N) is 2. The quantitative estimate of drug-likeness (QED) is 0.320. The number of carboxylic acids is 2. The van der Waals surface area contributed by atoms with E-state index in [-0.39, 0.29) is 29.9 Å². The predicted octanol–water partition coefficient (Wildman–Crippen LogP) is 0.733. The minimum absolute atomic E-state index is 0.0257. The largest absolute Gasteiger partial charge is 0.481 e. The van der Waals surface area contributed by atoms with E-state index >= 15 is 0 Å². The number of pyridine rings is 1. The van der Waals surface area contributed by atoms with E-state index in [4.69, 9.17) is 15.9 Å². The van der Waals surface area contributed by atoms with Gasteiger partial charge in [-0.1, -0.05) is 12.1 Å². The van der Waals surface area contributed by atoms with Crippen LogP contribution in [0.5, 0.6) is 0 Å². The van der Waals surface area contributed by atoms with Crippen LogP contribution in [-0.2, 0) is 22.4 Å². The molecule has 2 heterocycles. The normalized spacial score (nSPS) is 11.8. The van der Waals surface area contributed by atoms with Gasteiger partial charge in [0.25, 0.3) is 11.5 Å². The van der Waals surface area contributed by atoms with E-state index in [1.165, 1.54) is 6.20 Å². The van der Waals surface area contributed by atoms with E-state index in [2.05, 4.69) is 20.3 Å². The Morgan fingerprint density at radius 3 is 2.50 bits per heavy atom. The first-order valence-corrected chi connectivity index (χ1v) is 9.72. The maximum absolute atomic E-state index is 12.3. The molecule has 0 aliphatic rings. The van der Waals surface area contributed by atoms with Crippen molar-refractivity contribution in [2.75, 3.05) is 5.73 Å². The molecule has 0 radical (unpaired) electrons. The molecule has 0 aliphatic heterocycles.